The van der Waals surface area contributed by atoms with Crippen molar-refractivity contribution in [2.24, 2.45) is 0 Å². The Morgan fingerprint density at radius 2 is 1.61 bits per heavy atom. The predicted octanol–water partition coefficient (Wildman–Crippen LogP) is 5.33. The van der Waals surface area contributed by atoms with Crippen LogP contribution in [0.4, 0.5) is 5.69 Å². The molecule has 0 heterocycles. The molecule has 1 aromatic rings. The van der Waals surface area contributed by atoms with Crippen LogP contribution >= 0.6 is 0 Å². The minimum Gasteiger partial charge on any atom is -0.399 e. The van der Waals surface area contributed by atoms with Crippen molar-refractivity contribution < 1.29 is 0 Å². The van der Waals surface area contributed by atoms with E-state index in [0.717, 1.165) is 12.1 Å². The second-order valence-corrected chi connectivity index (χ2v) is 5.21. The fourth-order valence-electron chi connectivity index (χ4n) is 2.42. The molecule has 1 radical (unpaired) electrons. The number of anilines is 1. The molecule has 0 aliphatic carbocycles. The molecule has 1 unspecified atom stereocenters. The number of unbranched alkanes of at least 4 members (excludes halogenated alkanes) is 5. The van der Waals surface area contributed by atoms with Crippen molar-refractivity contribution >= 4 is 5.69 Å². The summed E-state index contributed by atoms with van der Waals surface area (Å²) < 4.78 is 0. The number of benzene rings is 1. The van der Waals surface area contributed by atoms with Gasteiger partial charge < -0.3 is 5.73 Å². The van der Waals surface area contributed by atoms with Crippen LogP contribution in [0.15, 0.2) is 24.3 Å². The zero-order valence-corrected chi connectivity index (χ0v) is 11.8. The average Bonchev–Trinajstić information content (AvgIpc) is 2.39. The zero-order valence-electron chi connectivity index (χ0n) is 11.8. The Morgan fingerprint density at radius 3 is 2.22 bits per heavy atom. The molecule has 0 saturated carbocycles. The molecule has 1 rings (SSSR count). The van der Waals surface area contributed by atoms with Gasteiger partial charge in [0, 0.05) is 5.69 Å². The number of nitrogen functional groups attached to an aromatic ring is 1. The van der Waals surface area contributed by atoms with Crippen LogP contribution in [0, 0.1) is 6.92 Å². The lowest BCUT2D eigenvalue weighted by Gasteiger charge is -2.15. The molecule has 18 heavy (non-hydrogen) atoms. The van der Waals surface area contributed by atoms with E-state index in [9.17, 15) is 0 Å². The van der Waals surface area contributed by atoms with Gasteiger partial charge >= 0.3 is 0 Å². The molecule has 2 N–H and O–H groups in total. The molecule has 0 bridgehead atoms. The molecule has 0 aliphatic heterocycles. The van der Waals surface area contributed by atoms with E-state index in [0.29, 0.717) is 5.92 Å². The predicted molar refractivity (Wildman–Crippen MR) is 81.6 cm³/mol. The molecule has 1 atom stereocenters. The molecule has 0 saturated heterocycles. The minimum absolute atomic E-state index is 0.608. The van der Waals surface area contributed by atoms with Crippen molar-refractivity contribution in [3.63, 3.8) is 0 Å². The third kappa shape index (κ3) is 5.57. The monoisotopic (exact) mass is 246 g/mol. The van der Waals surface area contributed by atoms with Crippen LogP contribution in [0.1, 0.15) is 69.8 Å². The van der Waals surface area contributed by atoms with Gasteiger partial charge in [-0.25, -0.2) is 0 Å². The summed E-state index contributed by atoms with van der Waals surface area (Å²) in [5.74, 6) is 0.608. The Labute approximate surface area is 113 Å². The molecular weight excluding hydrogens is 218 g/mol. The maximum Gasteiger partial charge on any atom is 0.0314 e. The van der Waals surface area contributed by atoms with E-state index in [4.69, 9.17) is 5.73 Å². The summed E-state index contributed by atoms with van der Waals surface area (Å²) in [6, 6.07) is 8.31. The first kappa shape index (κ1) is 15.1. The van der Waals surface area contributed by atoms with E-state index in [2.05, 4.69) is 26.0 Å². The highest BCUT2D eigenvalue weighted by molar-refractivity contribution is 5.40. The summed E-state index contributed by atoms with van der Waals surface area (Å²) in [6.45, 7) is 6.35. The summed E-state index contributed by atoms with van der Waals surface area (Å²) in [5.41, 5.74) is 7.97. The molecule has 0 aromatic heterocycles. The van der Waals surface area contributed by atoms with E-state index >= 15 is 0 Å². The summed E-state index contributed by atoms with van der Waals surface area (Å²) in [5, 5.41) is 0. The van der Waals surface area contributed by atoms with Gasteiger partial charge in [-0.15, -0.1) is 0 Å². The highest BCUT2D eigenvalue weighted by Crippen LogP contribution is 2.26. The Hall–Kier alpha value is -0.980. The van der Waals surface area contributed by atoms with Gasteiger partial charge in [0.15, 0.2) is 0 Å². The Kier molecular flexibility index (Phi) is 7.55. The second-order valence-electron chi connectivity index (χ2n) is 5.21. The van der Waals surface area contributed by atoms with E-state index in [1.54, 1.807) is 0 Å². The third-order valence-corrected chi connectivity index (χ3v) is 3.66. The fourth-order valence-corrected chi connectivity index (χ4v) is 2.42. The van der Waals surface area contributed by atoms with Crippen LogP contribution in [-0.4, -0.2) is 0 Å². The summed E-state index contributed by atoms with van der Waals surface area (Å²) in [7, 11) is 0. The normalized spacial score (nSPS) is 12.6. The molecule has 1 nitrogen and oxygen atoms in total. The number of nitrogens with two attached hydrogens (primary N) is 1. The largest absolute Gasteiger partial charge is 0.399 e. The van der Waals surface area contributed by atoms with Gasteiger partial charge in [0.25, 0.3) is 0 Å². The van der Waals surface area contributed by atoms with Gasteiger partial charge in [-0.3, -0.25) is 0 Å². The molecule has 0 amide bonds. The van der Waals surface area contributed by atoms with Crippen LogP contribution < -0.4 is 5.73 Å². The van der Waals surface area contributed by atoms with Crippen molar-refractivity contribution in [1.29, 1.82) is 0 Å². The maximum atomic E-state index is 5.72. The van der Waals surface area contributed by atoms with Crippen molar-refractivity contribution in [3.05, 3.63) is 36.8 Å². The van der Waals surface area contributed by atoms with Crippen LogP contribution in [0.5, 0.6) is 0 Å². The molecular formula is C17H28N. The SMILES string of the molecule is [CH2]CC(CCCCCCCC)c1ccc(N)cc1. The lowest BCUT2D eigenvalue weighted by Crippen LogP contribution is -1.98. The van der Waals surface area contributed by atoms with E-state index in [-0.39, 0.29) is 0 Å². The second kappa shape index (κ2) is 9.02. The first-order valence-electron chi connectivity index (χ1n) is 7.42. The van der Waals surface area contributed by atoms with Gasteiger partial charge in [0.05, 0.1) is 0 Å². The quantitative estimate of drug-likeness (QED) is 0.462. The lowest BCUT2D eigenvalue weighted by atomic mass is 9.90. The highest BCUT2D eigenvalue weighted by Gasteiger charge is 2.08. The van der Waals surface area contributed by atoms with E-state index < -0.39 is 0 Å². The molecule has 0 aliphatic rings. The Balaban J connectivity index is 2.27. The Bertz CT molecular complexity index is 302. The zero-order chi connectivity index (χ0) is 13.2. The Morgan fingerprint density at radius 1 is 1.00 bits per heavy atom. The number of hydrogen-bond acceptors (Lipinski definition) is 1. The summed E-state index contributed by atoms with van der Waals surface area (Å²) in [4.78, 5) is 0. The number of hydrogen-bond donors (Lipinski definition) is 1. The molecule has 0 fully saturated rings. The van der Waals surface area contributed by atoms with Crippen molar-refractivity contribution in [2.45, 2.75) is 64.2 Å². The smallest absolute Gasteiger partial charge is 0.0314 e. The van der Waals surface area contributed by atoms with E-state index in [1.807, 2.05) is 12.1 Å². The molecule has 0 spiro atoms. The third-order valence-electron chi connectivity index (χ3n) is 3.66. The fraction of sp³-hybridized carbons (Fsp3) is 0.588. The molecule has 1 heteroatoms. The summed E-state index contributed by atoms with van der Waals surface area (Å²) >= 11 is 0. The van der Waals surface area contributed by atoms with Crippen molar-refractivity contribution in [1.82, 2.24) is 0 Å². The van der Waals surface area contributed by atoms with E-state index in [1.165, 1.54) is 50.5 Å². The summed E-state index contributed by atoms with van der Waals surface area (Å²) in [6.07, 6.45) is 10.4. The minimum atomic E-state index is 0.608. The maximum absolute atomic E-state index is 5.72. The number of rotatable bonds is 9. The first-order chi connectivity index (χ1) is 8.77. The standard InChI is InChI=1S/C17H28N/c1-3-5-6-7-8-9-10-15(4-2)16-11-13-17(18)14-12-16/h11-15H,2-10,18H2,1H3. The lowest BCUT2D eigenvalue weighted by molar-refractivity contribution is 0.540. The van der Waals surface area contributed by atoms with Crippen molar-refractivity contribution in [2.75, 3.05) is 5.73 Å². The van der Waals surface area contributed by atoms with Crippen LogP contribution in [0.25, 0.3) is 0 Å². The van der Waals surface area contributed by atoms with Gasteiger partial charge in [0.2, 0.25) is 0 Å². The molecule has 1 aromatic carbocycles. The van der Waals surface area contributed by atoms with Crippen LogP contribution in [0.3, 0.4) is 0 Å². The van der Waals surface area contributed by atoms with Gasteiger partial charge in [-0.05, 0) is 36.5 Å². The van der Waals surface area contributed by atoms with Crippen LogP contribution in [-0.2, 0) is 0 Å². The van der Waals surface area contributed by atoms with Gasteiger partial charge in [-0.2, -0.15) is 0 Å². The molecule has 101 valence electrons. The van der Waals surface area contributed by atoms with Gasteiger partial charge in [-0.1, -0.05) is 64.5 Å². The topological polar surface area (TPSA) is 26.0 Å². The van der Waals surface area contributed by atoms with Crippen LogP contribution in [0.2, 0.25) is 0 Å². The highest BCUT2D eigenvalue weighted by atomic mass is 14.5. The van der Waals surface area contributed by atoms with Crippen molar-refractivity contribution in [3.8, 4) is 0 Å². The first-order valence-corrected chi connectivity index (χ1v) is 7.42. The van der Waals surface area contributed by atoms with Gasteiger partial charge in [0.1, 0.15) is 0 Å². The average molecular weight is 246 g/mol.